The topological polar surface area (TPSA) is 86.1 Å². The van der Waals surface area contributed by atoms with E-state index in [9.17, 15) is 9.59 Å². The minimum Gasteiger partial charge on any atom is -0.449 e. The predicted molar refractivity (Wildman–Crippen MR) is 100 cm³/mol. The van der Waals surface area contributed by atoms with Gasteiger partial charge in [0.1, 0.15) is 12.7 Å². The normalized spacial score (nSPS) is 14.9. The lowest BCUT2D eigenvalue weighted by molar-refractivity contribution is -0.129. The third-order valence-electron chi connectivity index (χ3n) is 4.57. The van der Waals surface area contributed by atoms with Crippen molar-refractivity contribution in [1.82, 2.24) is 20.1 Å². The Kier molecular flexibility index (Phi) is 6.35. The number of amides is 1. The minimum atomic E-state index is -0.840. The monoisotopic (exact) mass is 368 g/mol. The van der Waals surface area contributed by atoms with Crippen molar-refractivity contribution >= 4 is 11.9 Å². The Morgan fingerprint density at radius 1 is 1.26 bits per heavy atom. The van der Waals surface area contributed by atoms with E-state index in [1.54, 1.807) is 42.2 Å². The van der Waals surface area contributed by atoms with Crippen LogP contribution in [0.15, 0.2) is 48.6 Å². The third-order valence-corrected chi connectivity index (χ3v) is 4.57. The third kappa shape index (κ3) is 5.26. The van der Waals surface area contributed by atoms with Crippen molar-refractivity contribution in [2.45, 2.75) is 45.1 Å². The number of allylic oxidation sites excluding steroid dienone is 1. The van der Waals surface area contributed by atoms with E-state index < -0.39 is 12.1 Å². The Morgan fingerprint density at radius 3 is 2.74 bits per heavy atom. The van der Waals surface area contributed by atoms with Crippen LogP contribution in [-0.2, 0) is 9.53 Å². The van der Waals surface area contributed by atoms with E-state index in [0.29, 0.717) is 12.1 Å². The van der Waals surface area contributed by atoms with E-state index in [1.807, 2.05) is 0 Å². The summed E-state index contributed by atoms with van der Waals surface area (Å²) in [7, 11) is 0. The number of hydrogen-bond donors (Lipinski definition) is 1. The second-order valence-electron chi connectivity index (χ2n) is 6.58. The first-order valence-electron chi connectivity index (χ1n) is 9.25. The maximum Gasteiger partial charge on any atom is 0.338 e. The average Bonchev–Trinajstić information content (AvgIpc) is 3.23. The van der Waals surface area contributed by atoms with Gasteiger partial charge in [-0.15, -0.1) is 0 Å². The van der Waals surface area contributed by atoms with Crippen molar-refractivity contribution in [3.8, 4) is 5.69 Å². The molecule has 27 heavy (non-hydrogen) atoms. The van der Waals surface area contributed by atoms with E-state index in [4.69, 9.17) is 4.74 Å². The van der Waals surface area contributed by atoms with E-state index in [2.05, 4.69) is 21.5 Å². The summed E-state index contributed by atoms with van der Waals surface area (Å²) in [5, 5.41) is 6.87. The Morgan fingerprint density at radius 2 is 2.07 bits per heavy atom. The highest BCUT2D eigenvalue weighted by atomic mass is 16.5. The van der Waals surface area contributed by atoms with Crippen LogP contribution < -0.4 is 5.32 Å². The molecule has 7 heteroatoms. The summed E-state index contributed by atoms with van der Waals surface area (Å²) >= 11 is 0. The van der Waals surface area contributed by atoms with Gasteiger partial charge in [0.15, 0.2) is 6.10 Å². The van der Waals surface area contributed by atoms with Gasteiger partial charge in [-0.2, -0.15) is 5.10 Å². The number of benzene rings is 1. The average molecular weight is 368 g/mol. The Labute approximate surface area is 158 Å². The summed E-state index contributed by atoms with van der Waals surface area (Å²) in [6.07, 6.45) is 10.0. The van der Waals surface area contributed by atoms with Crippen LogP contribution in [0.1, 0.15) is 49.4 Å². The molecule has 0 saturated heterocycles. The molecule has 0 saturated carbocycles. The SMILES string of the molecule is C[C@H](OC(=O)c1ccc(-n2cncn2)cc1)C(=O)NCCC1=CCCCC1. The van der Waals surface area contributed by atoms with Gasteiger partial charge < -0.3 is 10.1 Å². The molecule has 1 atom stereocenters. The van der Waals surface area contributed by atoms with Crippen molar-refractivity contribution in [3.63, 3.8) is 0 Å². The number of carbonyl (C=O) groups excluding carboxylic acids is 2. The van der Waals surface area contributed by atoms with Crippen molar-refractivity contribution in [2.24, 2.45) is 0 Å². The molecule has 1 aliphatic rings. The highest BCUT2D eigenvalue weighted by molar-refractivity contribution is 5.92. The predicted octanol–water partition coefficient (Wildman–Crippen LogP) is 2.82. The van der Waals surface area contributed by atoms with Gasteiger partial charge in [0.2, 0.25) is 0 Å². The molecular weight excluding hydrogens is 344 g/mol. The van der Waals surface area contributed by atoms with Crippen LogP contribution in [-0.4, -0.2) is 39.3 Å². The van der Waals surface area contributed by atoms with Gasteiger partial charge in [-0.1, -0.05) is 11.6 Å². The summed E-state index contributed by atoms with van der Waals surface area (Å²) in [6.45, 7) is 2.15. The molecule has 1 aromatic heterocycles. The smallest absolute Gasteiger partial charge is 0.338 e. The zero-order chi connectivity index (χ0) is 19.1. The van der Waals surface area contributed by atoms with Gasteiger partial charge in [0.05, 0.1) is 11.3 Å². The highest BCUT2D eigenvalue weighted by Crippen LogP contribution is 2.19. The van der Waals surface area contributed by atoms with Crippen LogP contribution >= 0.6 is 0 Å². The molecule has 3 rings (SSSR count). The molecule has 0 fully saturated rings. The molecule has 2 aromatic rings. The van der Waals surface area contributed by atoms with Crippen molar-refractivity contribution < 1.29 is 14.3 Å². The molecule has 142 valence electrons. The molecule has 1 amide bonds. The van der Waals surface area contributed by atoms with Crippen LogP contribution in [0, 0.1) is 0 Å². The molecule has 1 aromatic carbocycles. The molecule has 1 N–H and O–H groups in total. The number of hydrogen-bond acceptors (Lipinski definition) is 5. The van der Waals surface area contributed by atoms with Crippen LogP contribution in [0.3, 0.4) is 0 Å². The fourth-order valence-electron chi connectivity index (χ4n) is 3.00. The Bertz CT molecular complexity index is 797. The lowest BCUT2D eigenvalue weighted by Crippen LogP contribution is -2.36. The molecule has 1 aliphatic carbocycles. The summed E-state index contributed by atoms with van der Waals surface area (Å²) in [5.41, 5.74) is 2.57. The van der Waals surface area contributed by atoms with Crippen molar-refractivity contribution in [3.05, 3.63) is 54.1 Å². The molecule has 7 nitrogen and oxygen atoms in total. The van der Waals surface area contributed by atoms with Crippen molar-refractivity contribution in [2.75, 3.05) is 6.54 Å². The first-order chi connectivity index (χ1) is 13.1. The molecule has 0 spiro atoms. The zero-order valence-electron chi connectivity index (χ0n) is 15.4. The number of rotatable bonds is 7. The Hall–Kier alpha value is -2.96. The first kappa shape index (κ1) is 18.8. The van der Waals surface area contributed by atoms with Crippen LogP contribution in [0.4, 0.5) is 0 Å². The zero-order valence-corrected chi connectivity index (χ0v) is 15.4. The lowest BCUT2D eigenvalue weighted by Gasteiger charge is -2.15. The standard InChI is InChI=1S/C20H24N4O3/c1-15(19(25)22-12-11-16-5-3-2-4-6-16)27-20(26)17-7-9-18(10-8-17)24-14-21-13-23-24/h5,7-10,13-15H,2-4,6,11-12H2,1H3,(H,22,25)/t15-/m0/s1. The minimum absolute atomic E-state index is 0.279. The van der Waals surface area contributed by atoms with Gasteiger partial charge in [0, 0.05) is 6.54 Å². The maximum atomic E-state index is 12.2. The molecule has 1 heterocycles. The van der Waals surface area contributed by atoms with E-state index in [1.165, 1.54) is 24.7 Å². The van der Waals surface area contributed by atoms with Crippen molar-refractivity contribution in [1.29, 1.82) is 0 Å². The highest BCUT2D eigenvalue weighted by Gasteiger charge is 2.18. The van der Waals surface area contributed by atoms with Gasteiger partial charge >= 0.3 is 5.97 Å². The largest absolute Gasteiger partial charge is 0.449 e. The molecule has 0 bridgehead atoms. The van der Waals surface area contributed by atoms with E-state index in [0.717, 1.165) is 24.9 Å². The quantitative estimate of drug-likeness (QED) is 0.600. The molecule has 0 aliphatic heterocycles. The van der Waals surface area contributed by atoms with Crippen LogP contribution in [0.25, 0.3) is 5.69 Å². The fraction of sp³-hybridized carbons (Fsp3) is 0.400. The molecule has 0 unspecified atom stereocenters. The van der Waals surface area contributed by atoms with Crippen LogP contribution in [0.2, 0.25) is 0 Å². The number of nitrogens with zero attached hydrogens (tertiary/aromatic N) is 3. The lowest BCUT2D eigenvalue weighted by atomic mass is 9.97. The first-order valence-corrected chi connectivity index (χ1v) is 9.25. The maximum absolute atomic E-state index is 12.2. The number of nitrogens with one attached hydrogen (secondary N) is 1. The molecular formula is C20H24N4O3. The van der Waals surface area contributed by atoms with Gasteiger partial charge in [0.25, 0.3) is 5.91 Å². The number of ether oxygens (including phenoxy) is 1. The van der Waals surface area contributed by atoms with Gasteiger partial charge in [-0.3, -0.25) is 4.79 Å². The second kappa shape index (κ2) is 9.12. The van der Waals surface area contributed by atoms with E-state index in [-0.39, 0.29) is 5.91 Å². The summed E-state index contributed by atoms with van der Waals surface area (Å²) in [4.78, 5) is 28.2. The fourth-order valence-corrected chi connectivity index (χ4v) is 3.00. The summed E-state index contributed by atoms with van der Waals surface area (Å²) in [6, 6.07) is 6.76. The van der Waals surface area contributed by atoms with Gasteiger partial charge in [-0.25, -0.2) is 14.5 Å². The number of esters is 1. The van der Waals surface area contributed by atoms with E-state index >= 15 is 0 Å². The van der Waals surface area contributed by atoms with Crippen LogP contribution in [0.5, 0.6) is 0 Å². The second-order valence-corrected chi connectivity index (χ2v) is 6.58. The Balaban J connectivity index is 1.46. The number of carbonyl (C=O) groups is 2. The van der Waals surface area contributed by atoms with Gasteiger partial charge in [-0.05, 0) is 63.3 Å². The summed E-state index contributed by atoms with van der Waals surface area (Å²) < 4.78 is 6.86. The molecule has 0 radical (unpaired) electrons. The summed E-state index contributed by atoms with van der Waals surface area (Å²) in [5.74, 6) is -0.809. The number of aromatic nitrogens is 3.